The molecule has 0 aliphatic rings. The molecule has 0 spiro atoms. The van der Waals surface area contributed by atoms with Crippen LogP contribution in [-0.2, 0) is 0 Å². The molecule has 0 atom stereocenters. The van der Waals surface area contributed by atoms with Gasteiger partial charge in [-0.3, -0.25) is 0 Å². The van der Waals surface area contributed by atoms with Crippen LogP contribution in [0.25, 0.3) is 10.9 Å². The van der Waals surface area contributed by atoms with E-state index >= 15 is 0 Å². The van der Waals surface area contributed by atoms with E-state index in [-0.39, 0.29) is 18.0 Å². The summed E-state index contributed by atoms with van der Waals surface area (Å²) in [6.07, 6.45) is 0. The van der Waals surface area contributed by atoms with Gasteiger partial charge in [0.05, 0.1) is 7.11 Å². The van der Waals surface area contributed by atoms with Gasteiger partial charge in [0.15, 0.2) is 0 Å². The van der Waals surface area contributed by atoms with Gasteiger partial charge in [-0.05, 0) is 6.07 Å². The largest absolute Gasteiger partial charge is 0.482 e. The Morgan fingerprint density at radius 2 is 2.07 bits per heavy atom. The molecule has 0 unspecified atom stereocenters. The number of carboxylic acids is 1. The molecule has 0 fully saturated rings. The number of carbonyl (C=O) groups is 1. The maximum absolute atomic E-state index is 11.0. The molecule has 0 radical (unpaired) electrons. The van der Waals surface area contributed by atoms with Gasteiger partial charge in [-0.15, -0.1) is 12.4 Å². The Hall–Kier alpha value is -1.68. The average molecular weight is 228 g/mol. The molecule has 5 heteroatoms. The lowest BCUT2D eigenvalue weighted by molar-refractivity contribution is 0.0695. The fourth-order valence-corrected chi connectivity index (χ4v) is 1.48. The third kappa shape index (κ3) is 1.76. The van der Waals surface area contributed by atoms with Crippen LogP contribution in [0.2, 0.25) is 0 Å². The van der Waals surface area contributed by atoms with Gasteiger partial charge in [-0.2, -0.15) is 0 Å². The zero-order valence-corrected chi connectivity index (χ0v) is 8.80. The number of nitrogens with one attached hydrogen (secondary N) is 1. The normalized spacial score (nSPS) is 9.67. The first-order valence-electron chi connectivity index (χ1n) is 4.12. The highest BCUT2D eigenvalue weighted by molar-refractivity contribution is 6.05. The third-order valence-corrected chi connectivity index (χ3v) is 2.09. The van der Waals surface area contributed by atoms with Crippen LogP contribution >= 0.6 is 12.4 Å². The smallest absolute Gasteiger partial charge is 0.341 e. The number of hydrogen-bond acceptors (Lipinski definition) is 2. The Morgan fingerprint density at radius 1 is 1.40 bits per heavy atom. The second-order valence-corrected chi connectivity index (χ2v) is 2.88. The van der Waals surface area contributed by atoms with Crippen LogP contribution in [0.1, 0.15) is 10.4 Å². The van der Waals surface area contributed by atoms with Crippen molar-refractivity contribution < 1.29 is 14.6 Å². The van der Waals surface area contributed by atoms with Crippen LogP contribution in [0.4, 0.5) is 0 Å². The van der Waals surface area contributed by atoms with Crippen molar-refractivity contribution in [1.82, 2.24) is 4.98 Å². The molecule has 2 rings (SSSR count). The molecule has 0 saturated heterocycles. The molecular formula is C10H10ClNO3. The summed E-state index contributed by atoms with van der Waals surface area (Å²) in [5.74, 6) is -0.696. The minimum absolute atomic E-state index is 0. The Morgan fingerprint density at radius 3 is 2.67 bits per heavy atom. The molecule has 0 bridgehead atoms. The Bertz CT molecular complexity index is 492. The molecule has 0 aliphatic carbocycles. The Balaban J connectivity index is 0.00000112. The van der Waals surface area contributed by atoms with Crippen LogP contribution in [-0.4, -0.2) is 23.2 Å². The van der Waals surface area contributed by atoms with Gasteiger partial charge in [-0.1, -0.05) is 18.2 Å². The highest BCUT2D eigenvalue weighted by atomic mass is 35.5. The summed E-state index contributed by atoms with van der Waals surface area (Å²) < 4.78 is 4.96. The van der Waals surface area contributed by atoms with Crippen molar-refractivity contribution >= 4 is 29.3 Å². The standard InChI is InChI=1S/C10H9NO3.ClH/c1-14-9-8(10(12)13)6-4-2-3-5-7(6)11-9;/h2-5,11H,1H3,(H,12,13);1H. The summed E-state index contributed by atoms with van der Waals surface area (Å²) in [7, 11) is 1.44. The first-order valence-corrected chi connectivity index (χ1v) is 4.12. The van der Waals surface area contributed by atoms with E-state index in [4.69, 9.17) is 9.84 Å². The molecule has 4 nitrogen and oxygen atoms in total. The number of ether oxygens (including phenoxy) is 1. The quantitative estimate of drug-likeness (QED) is 0.828. The van der Waals surface area contributed by atoms with E-state index in [2.05, 4.69) is 4.98 Å². The van der Waals surface area contributed by atoms with Gasteiger partial charge in [-0.25, -0.2) is 4.79 Å². The van der Waals surface area contributed by atoms with Crippen molar-refractivity contribution in [3.63, 3.8) is 0 Å². The molecule has 0 aliphatic heterocycles. The number of halogens is 1. The number of fused-ring (bicyclic) bond motifs is 1. The van der Waals surface area contributed by atoms with Gasteiger partial charge in [0.2, 0.25) is 5.88 Å². The van der Waals surface area contributed by atoms with Gasteiger partial charge in [0, 0.05) is 10.9 Å². The van der Waals surface area contributed by atoms with Crippen molar-refractivity contribution in [1.29, 1.82) is 0 Å². The third-order valence-electron chi connectivity index (χ3n) is 2.09. The lowest BCUT2D eigenvalue weighted by atomic mass is 10.2. The SMILES string of the molecule is COc1[nH]c2ccccc2c1C(=O)O.Cl. The fourth-order valence-electron chi connectivity index (χ4n) is 1.48. The van der Waals surface area contributed by atoms with E-state index in [1.54, 1.807) is 12.1 Å². The number of hydrogen-bond donors (Lipinski definition) is 2. The summed E-state index contributed by atoms with van der Waals surface area (Å²) in [5.41, 5.74) is 0.949. The molecule has 1 aromatic carbocycles. The van der Waals surface area contributed by atoms with Crippen molar-refractivity contribution in [3.05, 3.63) is 29.8 Å². The first kappa shape index (κ1) is 11.4. The topological polar surface area (TPSA) is 62.3 Å². The maximum Gasteiger partial charge on any atom is 0.341 e. The van der Waals surface area contributed by atoms with Crippen molar-refractivity contribution in [2.45, 2.75) is 0 Å². The number of carboxylic acid groups (broad SMARTS) is 1. The van der Waals surface area contributed by atoms with Crippen LogP contribution in [0.3, 0.4) is 0 Å². The second kappa shape index (κ2) is 4.23. The van der Waals surface area contributed by atoms with Gasteiger partial charge in [0.1, 0.15) is 5.56 Å². The minimum Gasteiger partial charge on any atom is -0.482 e. The molecular weight excluding hydrogens is 218 g/mol. The van der Waals surface area contributed by atoms with Gasteiger partial charge in [0.25, 0.3) is 0 Å². The van der Waals surface area contributed by atoms with Crippen molar-refractivity contribution in [2.24, 2.45) is 0 Å². The molecule has 0 saturated carbocycles. The number of aromatic carboxylic acids is 1. The molecule has 80 valence electrons. The van der Waals surface area contributed by atoms with E-state index < -0.39 is 5.97 Å². The van der Waals surface area contributed by atoms with E-state index in [1.165, 1.54) is 7.11 Å². The average Bonchev–Trinajstić information content (AvgIpc) is 2.55. The zero-order valence-electron chi connectivity index (χ0n) is 7.98. The van der Waals surface area contributed by atoms with Crippen LogP contribution in [0, 0.1) is 0 Å². The summed E-state index contributed by atoms with van der Waals surface area (Å²) in [6, 6.07) is 7.19. The van der Waals surface area contributed by atoms with Crippen molar-refractivity contribution in [3.8, 4) is 5.88 Å². The molecule has 1 aromatic heterocycles. The fraction of sp³-hybridized carbons (Fsp3) is 0.100. The Kier molecular flexibility index (Phi) is 3.21. The zero-order chi connectivity index (χ0) is 10.1. The minimum atomic E-state index is -0.987. The van der Waals surface area contributed by atoms with E-state index in [0.717, 1.165) is 5.52 Å². The maximum atomic E-state index is 11.0. The number of benzene rings is 1. The number of rotatable bonds is 2. The van der Waals surface area contributed by atoms with E-state index in [9.17, 15) is 4.79 Å². The molecule has 2 aromatic rings. The number of methoxy groups -OCH3 is 1. The van der Waals surface area contributed by atoms with Gasteiger partial charge >= 0.3 is 5.97 Å². The van der Waals surface area contributed by atoms with E-state index in [0.29, 0.717) is 11.3 Å². The lowest BCUT2D eigenvalue weighted by Gasteiger charge is -1.96. The van der Waals surface area contributed by atoms with Crippen LogP contribution < -0.4 is 4.74 Å². The second-order valence-electron chi connectivity index (χ2n) is 2.88. The number of H-pyrrole nitrogens is 1. The molecule has 15 heavy (non-hydrogen) atoms. The number of aromatic nitrogens is 1. The van der Waals surface area contributed by atoms with Crippen LogP contribution in [0.15, 0.2) is 24.3 Å². The predicted octanol–water partition coefficient (Wildman–Crippen LogP) is 2.30. The summed E-state index contributed by atoms with van der Waals surface area (Å²) >= 11 is 0. The first-order chi connectivity index (χ1) is 6.74. The summed E-state index contributed by atoms with van der Waals surface area (Å²) in [5, 5.41) is 9.65. The summed E-state index contributed by atoms with van der Waals surface area (Å²) in [6.45, 7) is 0. The monoisotopic (exact) mass is 227 g/mol. The number of aromatic amines is 1. The van der Waals surface area contributed by atoms with E-state index in [1.807, 2.05) is 12.1 Å². The molecule has 1 heterocycles. The van der Waals surface area contributed by atoms with Gasteiger partial charge < -0.3 is 14.8 Å². The predicted molar refractivity (Wildman–Crippen MR) is 59.1 cm³/mol. The number of para-hydroxylation sites is 1. The van der Waals surface area contributed by atoms with Crippen LogP contribution in [0.5, 0.6) is 5.88 Å². The highest BCUT2D eigenvalue weighted by Crippen LogP contribution is 2.27. The van der Waals surface area contributed by atoms with Crippen molar-refractivity contribution in [2.75, 3.05) is 7.11 Å². The lowest BCUT2D eigenvalue weighted by Crippen LogP contribution is -1.98. The highest BCUT2D eigenvalue weighted by Gasteiger charge is 2.17. The molecule has 0 amide bonds. The summed E-state index contributed by atoms with van der Waals surface area (Å²) in [4.78, 5) is 13.8. The Labute approximate surface area is 92.3 Å². The molecule has 2 N–H and O–H groups in total.